The first-order valence-electron chi connectivity index (χ1n) is 8.98. The van der Waals surface area contributed by atoms with Crippen molar-refractivity contribution >= 4 is 0 Å². The second-order valence-corrected chi connectivity index (χ2v) is 7.35. The van der Waals surface area contributed by atoms with Crippen LogP contribution in [-0.4, -0.2) is 36.4 Å². The number of aliphatic hydroxyl groups excluding tert-OH is 1. The fraction of sp³-hybridized carbons (Fsp3) is 1.00. The van der Waals surface area contributed by atoms with Crippen molar-refractivity contribution in [1.29, 1.82) is 0 Å². The topological polar surface area (TPSA) is 44.3 Å². The van der Waals surface area contributed by atoms with Gasteiger partial charge in [0, 0.05) is 12.1 Å². The molecular weight excluding hydrogens is 248 g/mol. The molecule has 0 aromatic heterocycles. The molecule has 1 aliphatic heterocycles. The van der Waals surface area contributed by atoms with Crippen LogP contribution in [0, 0.1) is 11.8 Å². The summed E-state index contributed by atoms with van der Waals surface area (Å²) >= 11 is 0. The van der Waals surface area contributed by atoms with Gasteiger partial charge >= 0.3 is 0 Å². The van der Waals surface area contributed by atoms with Crippen molar-refractivity contribution < 1.29 is 5.11 Å². The van der Waals surface area contributed by atoms with Gasteiger partial charge in [-0.05, 0) is 69.9 Å². The molecule has 0 bridgehead atoms. The predicted molar refractivity (Wildman–Crippen MR) is 82.7 cm³/mol. The van der Waals surface area contributed by atoms with E-state index in [0.717, 1.165) is 37.4 Å². The molecule has 0 aromatic carbocycles. The summed E-state index contributed by atoms with van der Waals surface area (Å²) < 4.78 is 0. The highest BCUT2D eigenvalue weighted by molar-refractivity contribution is 4.91. The van der Waals surface area contributed by atoms with Crippen LogP contribution in [0.25, 0.3) is 0 Å². The summed E-state index contributed by atoms with van der Waals surface area (Å²) in [7, 11) is 0. The highest BCUT2D eigenvalue weighted by Crippen LogP contribution is 2.31. The molecule has 3 aliphatic rings. The molecular formula is C17H32N2O. The lowest BCUT2D eigenvalue weighted by Crippen LogP contribution is -2.51. The van der Waals surface area contributed by atoms with Crippen LogP contribution in [0.2, 0.25) is 0 Å². The van der Waals surface area contributed by atoms with Crippen LogP contribution in [0.1, 0.15) is 64.2 Å². The number of aliphatic hydroxyl groups is 1. The van der Waals surface area contributed by atoms with E-state index in [1.54, 1.807) is 0 Å². The number of nitrogens with one attached hydrogen (secondary N) is 2. The molecule has 3 heteroatoms. The first kappa shape index (κ1) is 14.8. The normalized spacial score (nSPS) is 42.8. The van der Waals surface area contributed by atoms with Crippen LogP contribution in [0.4, 0.5) is 0 Å². The summed E-state index contributed by atoms with van der Waals surface area (Å²) in [4.78, 5) is 0. The van der Waals surface area contributed by atoms with Crippen LogP contribution < -0.4 is 10.6 Å². The van der Waals surface area contributed by atoms with Gasteiger partial charge in [0.05, 0.1) is 6.10 Å². The first-order chi connectivity index (χ1) is 9.83. The molecule has 3 rings (SSSR count). The largest absolute Gasteiger partial charge is 0.393 e. The van der Waals surface area contributed by atoms with E-state index in [-0.39, 0.29) is 6.10 Å². The van der Waals surface area contributed by atoms with E-state index in [2.05, 4.69) is 10.6 Å². The van der Waals surface area contributed by atoms with E-state index >= 15 is 0 Å². The van der Waals surface area contributed by atoms with E-state index in [4.69, 9.17) is 0 Å². The predicted octanol–water partition coefficient (Wildman–Crippen LogP) is 2.44. The van der Waals surface area contributed by atoms with Crippen molar-refractivity contribution in [2.24, 2.45) is 11.8 Å². The van der Waals surface area contributed by atoms with Crippen LogP contribution in [0.3, 0.4) is 0 Å². The summed E-state index contributed by atoms with van der Waals surface area (Å²) in [5, 5.41) is 17.3. The van der Waals surface area contributed by atoms with Crippen molar-refractivity contribution in [3.63, 3.8) is 0 Å². The molecule has 116 valence electrons. The second kappa shape index (κ2) is 7.24. The van der Waals surface area contributed by atoms with Gasteiger partial charge in [-0.2, -0.15) is 0 Å². The van der Waals surface area contributed by atoms with Gasteiger partial charge in [0.1, 0.15) is 0 Å². The molecule has 5 atom stereocenters. The highest BCUT2D eigenvalue weighted by Gasteiger charge is 2.33. The van der Waals surface area contributed by atoms with Crippen molar-refractivity contribution in [3.8, 4) is 0 Å². The molecule has 5 unspecified atom stereocenters. The first-order valence-corrected chi connectivity index (χ1v) is 8.98. The van der Waals surface area contributed by atoms with Crippen molar-refractivity contribution in [2.75, 3.05) is 13.1 Å². The maximum Gasteiger partial charge on any atom is 0.0543 e. The number of hydrogen-bond donors (Lipinski definition) is 3. The molecule has 3 nitrogen and oxygen atoms in total. The van der Waals surface area contributed by atoms with E-state index in [0.29, 0.717) is 5.92 Å². The Morgan fingerprint density at radius 1 is 0.950 bits per heavy atom. The van der Waals surface area contributed by atoms with Gasteiger partial charge in [0.25, 0.3) is 0 Å². The molecule has 1 saturated heterocycles. The fourth-order valence-electron chi connectivity index (χ4n) is 4.69. The Bertz CT molecular complexity index is 291. The van der Waals surface area contributed by atoms with Gasteiger partial charge in [-0.15, -0.1) is 0 Å². The third-order valence-corrected chi connectivity index (χ3v) is 5.87. The minimum absolute atomic E-state index is 0.0241. The Balaban J connectivity index is 1.49. The highest BCUT2D eigenvalue weighted by atomic mass is 16.3. The zero-order valence-electron chi connectivity index (χ0n) is 12.8. The van der Waals surface area contributed by atoms with E-state index in [9.17, 15) is 5.11 Å². The number of hydrogen-bond acceptors (Lipinski definition) is 3. The lowest BCUT2D eigenvalue weighted by atomic mass is 9.77. The van der Waals surface area contributed by atoms with E-state index in [1.165, 1.54) is 57.9 Å². The maximum atomic E-state index is 9.65. The average molecular weight is 280 g/mol. The smallest absolute Gasteiger partial charge is 0.0543 e. The SMILES string of the molecule is OC1CCC(CNC2CCCCC2C2CCCCN2)C1. The average Bonchev–Trinajstić information content (AvgIpc) is 2.92. The summed E-state index contributed by atoms with van der Waals surface area (Å²) in [6, 6.07) is 1.48. The summed E-state index contributed by atoms with van der Waals surface area (Å²) in [6.45, 7) is 2.35. The second-order valence-electron chi connectivity index (χ2n) is 7.35. The molecule has 3 N–H and O–H groups in total. The maximum absolute atomic E-state index is 9.65. The quantitative estimate of drug-likeness (QED) is 0.741. The molecule has 0 radical (unpaired) electrons. The number of rotatable bonds is 4. The van der Waals surface area contributed by atoms with Gasteiger partial charge < -0.3 is 15.7 Å². The minimum Gasteiger partial charge on any atom is -0.393 e. The summed E-state index contributed by atoms with van der Waals surface area (Å²) in [5.41, 5.74) is 0. The third-order valence-electron chi connectivity index (χ3n) is 5.87. The molecule has 1 heterocycles. The summed E-state index contributed by atoms with van der Waals surface area (Å²) in [5.74, 6) is 1.56. The van der Waals surface area contributed by atoms with E-state index in [1.807, 2.05) is 0 Å². The Morgan fingerprint density at radius 2 is 1.80 bits per heavy atom. The molecule has 2 saturated carbocycles. The molecule has 20 heavy (non-hydrogen) atoms. The van der Waals surface area contributed by atoms with Gasteiger partial charge in [0.15, 0.2) is 0 Å². The van der Waals surface area contributed by atoms with Gasteiger partial charge in [0.2, 0.25) is 0 Å². The Morgan fingerprint density at radius 3 is 2.55 bits per heavy atom. The summed E-state index contributed by atoms with van der Waals surface area (Å²) in [6.07, 6.45) is 13.0. The van der Waals surface area contributed by atoms with E-state index < -0.39 is 0 Å². The Hall–Kier alpha value is -0.120. The van der Waals surface area contributed by atoms with Crippen molar-refractivity contribution in [1.82, 2.24) is 10.6 Å². The van der Waals surface area contributed by atoms with Crippen LogP contribution >= 0.6 is 0 Å². The fourth-order valence-corrected chi connectivity index (χ4v) is 4.69. The Labute approximate surface area is 123 Å². The third kappa shape index (κ3) is 3.75. The van der Waals surface area contributed by atoms with Crippen molar-refractivity contribution in [3.05, 3.63) is 0 Å². The van der Waals surface area contributed by atoms with Crippen LogP contribution in [-0.2, 0) is 0 Å². The zero-order chi connectivity index (χ0) is 13.8. The van der Waals surface area contributed by atoms with Gasteiger partial charge in [-0.3, -0.25) is 0 Å². The van der Waals surface area contributed by atoms with Crippen LogP contribution in [0.5, 0.6) is 0 Å². The molecule has 0 spiro atoms. The van der Waals surface area contributed by atoms with Crippen molar-refractivity contribution in [2.45, 2.75) is 82.4 Å². The zero-order valence-corrected chi connectivity index (χ0v) is 12.8. The standard InChI is InChI=1S/C17H32N2O/c20-14-9-8-13(11-14)12-19-17-6-2-1-5-15(17)16-7-3-4-10-18-16/h13-20H,1-12H2. The monoisotopic (exact) mass is 280 g/mol. The molecule has 3 fully saturated rings. The lowest BCUT2D eigenvalue weighted by molar-refractivity contribution is 0.167. The number of piperidine rings is 1. The Kier molecular flexibility index (Phi) is 5.36. The lowest BCUT2D eigenvalue weighted by Gasteiger charge is -2.40. The molecule has 0 amide bonds. The molecule has 0 aromatic rings. The van der Waals surface area contributed by atoms with Gasteiger partial charge in [-0.25, -0.2) is 0 Å². The van der Waals surface area contributed by atoms with Gasteiger partial charge in [-0.1, -0.05) is 19.3 Å². The molecule has 2 aliphatic carbocycles. The van der Waals surface area contributed by atoms with Crippen LogP contribution in [0.15, 0.2) is 0 Å². The minimum atomic E-state index is -0.0241.